The maximum absolute atomic E-state index is 11.5. The minimum atomic E-state index is -3.28. The molecule has 0 bridgehead atoms. The van der Waals surface area contributed by atoms with Crippen molar-refractivity contribution >= 4 is 31.6 Å². The molecule has 0 amide bonds. The molecule has 6 heteroatoms. The minimum Gasteiger partial charge on any atom is -0.457 e. The Morgan fingerprint density at radius 2 is 1.76 bits per heavy atom. The number of sulfone groups is 1. The SMILES string of the molecule is CC(=O)c1ccc(Oc2cccc(S(C)(=O)=O)c2)cc1Br. The van der Waals surface area contributed by atoms with Crippen LogP contribution in [0.1, 0.15) is 17.3 Å². The van der Waals surface area contributed by atoms with Crippen molar-refractivity contribution in [1.82, 2.24) is 0 Å². The second-order valence-corrected chi connectivity index (χ2v) is 7.42. The van der Waals surface area contributed by atoms with E-state index in [0.29, 0.717) is 21.5 Å². The number of hydrogen-bond acceptors (Lipinski definition) is 4. The number of carbonyl (C=O) groups is 1. The number of rotatable bonds is 4. The smallest absolute Gasteiger partial charge is 0.175 e. The van der Waals surface area contributed by atoms with Crippen LogP contribution in [0.5, 0.6) is 11.5 Å². The summed E-state index contributed by atoms with van der Waals surface area (Å²) in [4.78, 5) is 11.5. The first-order chi connectivity index (χ1) is 9.77. The van der Waals surface area contributed by atoms with Gasteiger partial charge in [0.15, 0.2) is 15.6 Å². The number of ether oxygens (including phenoxy) is 1. The summed E-state index contributed by atoms with van der Waals surface area (Å²) < 4.78 is 29.3. The Labute approximate surface area is 131 Å². The van der Waals surface area contributed by atoms with Gasteiger partial charge in [-0.2, -0.15) is 0 Å². The van der Waals surface area contributed by atoms with Gasteiger partial charge in [-0.05, 0) is 59.3 Å². The summed E-state index contributed by atoms with van der Waals surface area (Å²) in [6.45, 7) is 1.48. The van der Waals surface area contributed by atoms with Gasteiger partial charge in [0, 0.05) is 16.3 Å². The van der Waals surface area contributed by atoms with Gasteiger partial charge in [-0.1, -0.05) is 6.07 Å². The van der Waals surface area contributed by atoms with Crippen molar-refractivity contribution in [1.29, 1.82) is 0 Å². The van der Waals surface area contributed by atoms with Crippen molar-refractivity contribution < 1.29 is 17.9 Å². The van der Waals surface area contributed by atoms with Crippen LogP contribution in [0.4, 0.5) is 0 Å². The molecule has 0 fully saturated rings. The van der Waals surface area contributed by atoms with E-state index in [4.69, 9.17) is 4.74 Å². The molecule has 0 saturated heterocycles. The van der Waals surface area contributed by atoms with Gasteiger partial charge in [-0.25, -0.2) is 8.42 Å². The number of carbonyl (C=O) groups excluding carboxylic acids is 1. The van der Waals surface area contributed by atoms with E-state index in [2.05, 4.69) is 15.9 Å². The molecule has 0 unspecified atom stereocenters. The highest BCUT2D eigenvalue weighted by Crippen LogP contribution is 2.28. The molecule has 21 heavy (non-hydrogen) atoms. The van der Waals surface area contributed by atoms with Gasteiger partial charge in [-0.15, -0.1) is 0 Å². The van der Waals surface area contributed by atoms with Crippen molar-refractivity contribution in [3.05, 3.63) is 52.5 Å². The second-order valence-electron chi connectivity index (χ2n) is 4.55. The molecule has 0 atom stereocenters. The molecule has 2 rings (SSSR count). The molecule has 0 aliphatic rings. The van der Waals surface area contributed by atoms with Crippen LogP contribution in [0.3, 0.4) is 0 Å². The van der Waals surface area contributed by atoms with Crippen LogP contribution in [0, 0.1) is 0 Å². The van der Waals surface area contributed by atoms with Gasteiger partial charge in [0.05, 0.1) is 4.90 Å². The lowest BCUT2D eigenvalue weighted by molar-refractivity contribution is 0.101. The number of halogens is 1. The van der Waals surface area contributed by atoms with E-state index < -0.39 is 9.84 Å². The number of benzene rings is 2. The zero-order valence-corrected chi connectivity index (χ0v) is 13.9. The van der Waals surface area contributed by atoms with E-state index in [0.717, 1.165) is 6.26 Å². The molecule has 0 N–H and O–H groups in total. The van der Waals surface area contributed by atoms with Crippen molar-refractivity contribution in [3.63, 3.8) is 0 Å². The number of Topliss-reactive ketones (excluding diaryl/α,β-unsaturated/α-hetero) is 1. The molecular formula is C15H13BrO4S. The van der Waals surface area contributed by atoms with Crippen LogP contribution in [0.2, 0.25) is 0 Å². The fourth-order valence-electron chi connectivity index (χ4n) is 1.75. The zero-order chi connectivity index (χ0) is 15.6. The third-order valence-electron chi connectivity index (χ3n) is 2.79. The topological polar surface area (TPSA) is 60.4 Å². The molecule has 0 saturated carbocycles. The predicted molar refractivity (Wildman–Crippen MR) is 83.8 cm³/mol. The fourth-order valence-corrected chi connectivity index (χ4v) is 3.04. The average molecular weight is 369 g/mol. The third kappa shape index (κ3) is 3.92. The summed E-state index contributed by atoms with van der Waals surface area (Å²) in [7, 11) is -3.28. The first-order valence-corrected chi connectivity index (χ1v) is 8.74. The van der Waals surface area contributed by atoms with E-state index in [9.17, 15) is 13.2 Å². The van der Waals surface area contributed by atoms with Crippen LogP contribution >= 0.6 is 15.9 Å². The van der Waals surface area contributed by atoms with E-state index in [-0.39, 0.29) is 10.7 Å². The first kappa shape index (κ1) is 15.7. The first-order valence-electron chi connectivity index (χ1n) is 6.06. The predicted octanol–water partition coefficient (Wildman–Crippen LogP) is 3.85. The maximum Gasteiger partial charge on any atom is 0.175 e. The summed E-state index contributed by atoms with van der Waals surface area (Å²) in [5, 5.41) is 0. The van der Waals surface area contributed by atoms with E-state index >= 15 is 0 Å². The van der Waals surface area contributed by atoms with Gasteiger partial charge >= 0.3 is 0 Å². The molecule has 4 nitrogen and oxygen atoms in total. The molecule has 110 valence electrons. The Bertz CT molecular complexity index is 797. The highest BCUT2D eigenvalue weighted by molar-refractivity contribution is 9.10. The average Bonchev–Trinajstić information content (AvgIpc) is 2.37. The summed E-state index contributed by atoms with van der Waals surface area (Å²) >= 11 is 3.31. The van der Waals surface area contributed by atoms with Gasteiger partial charge in [0.25, 0.3) is 0 Å². The van der Waals surface area contributed by atoms with E-state index in [1.807, 2.05) is 0 Å². The Hall–Kier alpha value is -1.66. The molecule has 0 spiro atoms. The monoisotopic (exact) mass is 368 g/mol. The highest BCUT2D eigenvalue weighted by atomic mass is 79.9. The van der Waals surface area contributed by atoms with Gasteiger partial charge < -0.3 is 4.74 Å². The van der Waals surface area contributed by atoms with E-state index in [1.165, 1.54) is 19.1 Å². The van der Waals surface area contributed by atoms with Crippen molar-refractivity contribution in [2.75, 3.05) is 6.26 Å². The lowest BCUT2D eigenvalue weighted by Crippen LogP contribution is -1.97. The van der Waals surface area contributed by atoms with Crippen LogP contribution in [0.15, 0.2) is 51.8 Å². The molecule has 2 aromatic carbocycles. The molecular weight excluding hydrogens is 356 g/mol. The Morgan fingerprint density at radius 1 is 1.10 bits per heavy atom. The quantitative estimate of drug-likeness (QED) is 0.769. The normalized spacial score (nSPS) is 11.2. The Kier molecular flexibility index (Phi) is 4.49. The molecule has 0 heterocycles. The van der Waals surface area contributed by atoms with E-state index in [1.54, 1.807) is 30.3 Å². The maximum atomic E-state index is 11.5. The minimum absolute atomic E-state index is 0.0486. The van der Waals surface area contributed by atoms with Crippen LogP contribution < -0.4 is 4.74 Å². The summed E-state index contributed by atoms with van der Waals surface area (Å²) in [5.41, 5.74) is 0.562. The lowest BCUT2D eigenvalue weighted by atomic mass is 10.1. The van der Waals surface area contributed by atoms with Gasteiger partial charge in [-0.3, -0.25) is 4.79 Å². The largest absolute Gasteiger partial charge is 0.457 e. The number of hydrogen-bond donors (Lipinski definition) is 0. The summed E-state index contributed by atoms with van der Waals surface area (Å²) in [5.74, 6) is 0.880. The third-order valence-corrected chi connectivity index (χ3v) is 4.56. The number of ketones is 1. The van der Waals surface area contributed by atoms with Crippen molar-refractivity contribution in [2.24, 2.45) is 0 Å². The van der Waals surface area contributed by atoms with Gasteiger partial charge in [0.1, 0.15) is 11.5 Å². The zero-order valence-electron chi connectivity index (χ0n) is 11.5. The van der Waals surface area contributed by atoms with Crippen molar-refractivity contribution in [2.45, 2.75) is 11.8 Å². The standard InChI is InChI=1S/C15H13BrO4S/c1-10(17)14-7-6-12(9-15(14)16)20-11-4-3-5-13(8-11)21(2,18)19/h3-9H,1-2H3. The van der Waals surface area contributed by atoms with Crippen LogP contribution in [-0.4, -0.2) is 20.5 Å². The molecule has 2 aromatic rings. The Balaban J connectivity index is 2.31. The summed E-state index contributed by atoms with van der Waals surface area (Å²) in [6, 6.07) is 11.2. The Morgan fingerprint density at radius 3 is 2.33 bits per heavy atom. The second kappa shape index (κ2) is 5.99. The summed E-state index contributed by atoms with van der Waals surface area (Å²) in [6.07, 6.45) is 1.14. The van der Waals surface area contributed by atoms with Crippen molar-refractivity contribution in [3.8, 4) is 11.5 Å². The molecule has 0 aliphatic carbocycles. The highest BCUT2D eigenvalue weighted by Gasteiger charge is 2.10. The molecule has 0 radical (unpaired) electrons. The van der Waals surface area contributed by atoms with Gasteiger partial charge in [0.2, 0.25) is 0 Å². The van der Waals surface area contributed by atoms with Crippen LogP contribution in [-0.2, 0) is 9.84 Å². The van der Waals surface area contributed by atoms with Crippen LogP contribution in [0.25, 0.3) is 0 Å². The molecule has 0 aromatic heterocycles. The fraction of sp³-hybridized carbons (Fsp3) is 0.133. The lowest BCUT2D eigenvalue weighted by Gasteiger charge is -2.09. The molecule has 0 aliphatic heterocycles.